The molecule has 0 bridgehead atoms. The Labute approximate surface area is 111 Å². The highest BCUT2D eigenvalue weighted by Crippen LogP contribution is 2.33. The molecule has 1 fully saturated rings. The average molecular weight is 260 g/mol. The van der Waals surface area contributed by atoms with Gasteiger partial charge in [0.1, 0.15) is 5.75 Å². The second-order valence-corrected chi connectivity index (χ2v) is 4.91. The van der Waals surface area contributed by atoms with Gasteiger partial charge in [0, 0.05) is 31.0 Å². The molecule has 1 aromatic rings. The van der Waals surface area contributed by atoms with Crippen LogP contribution in [-0.4, -0.2) is 43.0 Å². The third-order valence-electron chi connectivity index (χ3n) is 3.64. The van der Waals surface area contributed by atoms with Gasteiger partial charge in [-0.1, -0.05) is 18.2 Å². The van der Waals surface area contributed by atoms with E-state index >= 15 is 0 Å². The summed E-state index contributed by atoms with van der Waals surface area (Å²) in [6.07, 6.45) is 0.376. The van der Waals surface area contributed by atoms with Gasteiger partial charge in [0.2, 0.25) is 11.8 Å². The predicted octanol–water partition coefficient (Wildman–Crippen LogP) is 0.511. The van der Waals surface area contributed by atoms with Crippen molar-refractivity contribution >= 4 is 11.8 Å². The molecule has 2 aliphatic rings. The van der Waals surface area contributed by atoms with E-state index in [1.165, 1.54) is 0 Å². The molecule has 100 valence electrons. The summed E-state index contributed by atoms with van der Waals surface area (Å²) in [7, 11) is 0. The van der Waals surface area contributed by atoms with E-state index in [-0.39, 0.29) is 24.3 Å². The SMILES string of the molecule is O=C1CCN(CC2COc3ccccc32)C(=O)CN1. The number of carbonyl (C=O) groups excluding carboxylic acids is 2. The fraction of sp³-hybridized carbons (Fsp3) is 0.429. The van der Waals surface area contributed by atoms with Crippen molar-refractivity contribution in [3.8, 4) is 5.75 Å². The number of nitrogens with one attached hydrogen (secondary N) is 1. The number of benzene rings is 1. The first kappa shape index (κ1) is 12.0. The van der Waals surface area contributed by atoms with Crippen LogP contribution in [0.4, 0.5) is 0 Å². The van der Waals surface area contributed by atoms with E-state index < -0.39 is 0 Å². The number of hydrogen-bond acceptors (Lipinski definition) is 3. The maximum atomic E-state index is 11.9. The van der Waals surface area contributed by atoms with Crippen LogP contribution in [0, 0.1) is 0 Å². The summed E-state index contributed by atoms with van der Waals surface area (Å²) in [5, 5.41) is 2.61. The highest BCUT2D eigenvalue weighted by Gasteiger charge is 2.28. The van der Waals surface area contributed by atoms with Gasteiger partial charge in [-0.05, 0) is 6.07 Å². The number of carbonyl (C=O) groups is 2. The fourth-order valence-electron chi connectivity index (χ4n) is 2.58. The molecule has 5 heteroatoms. The molecule has 2 aliphatic heterocycles. The van der Waals surface area contributed by atoms with Gasteiger partial charge < -0.3 is 15.0 Å². The average Bonchev–Trinajstić information content (AvgIpc) is 2.76. The zero-order valence-electron chi connectivity index (χ0n) is 10.6. The predicted molar refractivity (Wildman–Crippen MR) is 68.9 cm³/mol. The largest absolute Gasteiger partial charge is 0.493 e. The third kappa shape index (κ3) is 2.41. The van der Waals surface area contributed by atoms with Crippen molar-refractivity contribution in [1.82, 2.24) is 10.2 Å². The van der Waals surface area contributed by atoms with Crippen molar-refractivity contribution in [2.75, 3.05) is 26.2 Å². The van der Waals surface area contributed by atoms with Gasteiger partial charge in [0.25, 0.3) is 0 Å². The van der Waals surface area contributed by atoms with Crippen LogP contribution in [0.15, 0.2) is 24.3 Å². The molecule has 2 heterocycles. The van der Waals surface area contributed by atoms with E-state index in [0.29, 0.717) is 26.1 Å². The van der Waals surface area contributed by atoms with Crippen molar-refractivity contribution in [3.63, 3.8) is 0 Å². The van der Waals surface area contributed by atoms with Gasteiger partial charge >= 0.3 is 0 Å². The molecule has 1 unspecified atom stereocenters. The molecule has 1 aromatic carbocycles. The first-order valence-electron chi connectivity index (χ1n) is 6.50. The number of ether oxygens (including phenoxy) is 1. The Morgan fingerprint density at radius 3 is 3.05 bits per heavy atom. The van der Waals surface area contributed by atoms with Gasteiger partial charge in [-0.25, -0.2) is 0 Å². The Morgan fingerprint density at radius 2 is 2.16 bits per heavy atom. The molecule has 1 atom stereocenters. The number of hydrogen-bond donors (Lipinski definition) is 1. The molecule has 0 radical (unpaired) electrons. The first-order valence-corrected chi connectivity index (χ1v) is 6.50. The van der Waals surface area contributed by atoms with Crippen LogP contribution in [0.25, 0.3) is 0 Å². The minimum Gasteiger partial charge on any atom is -0.493 e. The Hall–Kier alpha value is -2.04. The topological polar surface area (TPSA) is 58.6 Å². The normalized spacial score (nSPS) is 22.5. The van der Waals surface area contributed by atoms with E-state index in [4.69, 9.17) is 4.74 Å². The van der Waals surface area contributed by atoms with Crippen LogP contribution >= 0.6 is 0 Å². The molecule has 1 saturated heterocycles. The monoisotopic (exact) mass is 260 g/mol. The lowest BCUT2D eigenvalue weighted by atomic mass is 10.0. The van der Waals surface area contributed by atoms with Crippen LogP contribution in [0.5, 0.6) is 5.75 Å². The summed E-state index contributed by atoms with van der Waals surface area (Å²) in [5.41, 5.74) is 1.15. The minimum atomic E-state index is -0.0566. The molecule has 0 aliphatic carbocycles. The zero-order chi connectivity index (χ0) is 13.2. The highest BCUT2D eigenvalue weighted by atomic mass is 16.5. The van der Waals surface area contributed by atoms with Crippen molar-refractivity contribution < 1.29 is 14.3 Å². The fourth-order valence-corrected chi connectivity index (χ4v) is 2.58. The van der Waals surface area contributed by atoms with Gasteiger partial charge in [0.05, 0.1) is 13.2 Å². The van der Waals surface area contributed by atoms with Crippen molar-refractivity contribution in [3.05, 3.63) is 29.8 Å². The molecule has 0 aromatic heterocycles. The molecular weight excluding hydrogens is 244 g/mol. The Kier molecular flexibility index (Phi) is 3.11. The highest BCUT2D eigenvalue weighted by molar-refractivity contribution is 5.87. The Balaban J connectivity index is 1.72. The smallest absolute Gasteiger partial charge is 0.242 e. The maximum absolute atomic E-state index is 11.9. The van der Waals surface area contributed by atoms with E-state index in [9.17, 15) is 9.59 Å². The number of nitrogens with zero attached hydrogens (tertiary/aromatic N) is 1. The van der Waals surface area contributed by atoms with Gasteiger partial charge in [-0.15, -0.1) is 0 Å². The lowest BCUT2D eigenvalue weighted by Gasteiger charge is -2.22. The second kappa shape index (κ2) is 4.91. The summed E-state index contributed by atoms with van der Waals surface area (Å²) in [5.74, 6) is 1.03. The number of amides is 2. The number of rotatable bonds is 2. The molecule has 0 saturated carbocycles. The summed E-state index contributed by atoms with van der Waals surface area (Å²) in [6, 6.07) is 7.92. The third-order valence-corrected chi connectivity index (χ3v) is 3.64. The van der Waals surface area contributed by atoms with Crippen LogP contribution in [0.1, 0.15) is 17.9 Å². The van der Waals surface area contributed by atoms with Crippen molar-refractivity contribution in [2.45, 2.75) is 12.3 Å². The van der Waals surface area contributed by atoms with Crippen LogP contribution in [0.2, 0.25) is 0 Å². The standard InChI is InChI=1S/C14H16N2O3/c17-13-5-6-16(14(18)7-15-13)8-10-9-19-12-4-2-1-3-11(10)12/h1-4,10H,5-9H2,(H,15,17). The molecule has 3 rings (SSSR count). The molecule has 19 heavy (non-hydrogen) atoms. The van der Waals surface area contributed by atoms with E-state index in [0.717, 1.165) is 11.3 Å². The van der Waals surface area contributed by atoms with Gasteiger partial charge in [0.15, 0.2) is 0 Å². The maximum Gasteiger partial charge on any atom is 0.242 e. The van der Waals surface area contributed by atoms with Crippen LogP contribution in [-0.2, 0) is 9.59 Å². The molecule has 5 nitrogen and oxygen atoms in total. The first-order chi connectivity index (χ1) is 9.24. The second-order valence-electron chi connectivity index (χ2n) is 4.91. The summed E-state index contributed by atoms with van der Waals surface area (Å²) < 4.78 is 5.62. The van der Waals surface area contributed by atoms with Crippen LogP contribution < -0.4 is 10.1 Å². The van der Waals surface area contributed by atoms with Crippen LogP contribution in [0.3, 0.4) is 0 Å². The van der Waals surface area contributed by atoms with Gasteiger partial charge in [-0.2, -0.15) is 0 Å². The summed E-state index contributed by atoms with van der Waals surface area (Å²) in [4.78, 5) is 25.0. The Bertz CT molecular complexity index is 515. The number of para-hydroxylation sites is 1. The minimum absolute atomic E-state index is 0.0183. The summed E-state index contributed by atoms with van der Waals surface area (Å²) in [6.45, 7) is 1.81. The zero-order valence-corrected chi connectivity index (χ0v) is 10.6. The van der Waals surface area contributed by atoms with E-state index in [1.54, 1.807) is 4.90 Å². The molecular formula is C14H16N2O3. The molecule has 0 spiro atoms. The van der Waals surface area contributed by atoms with E-state index in [1.807, 2.05) is 24.3 Å². The lowest BCUT2D eigenvalue weighted by Crippen LogP contribution is -2.38. The van der Waals surface area contributed by atoms with E-state index in [2.05, 4.69) is 5.32 Å². The molecule has 2 amide bonds. The lowest BCUT2D eigenvalue weighted by molar-refractivity contribution is -0.130. The summed E-state index contributed by atoms with van der Waals surface area (Å²) >= 11 is 0. The van der Waals surface area contributed by atoms with Gasteiger partial charge in [-0.3, -0.25) is 9.59 Å². The van der Waals surface area contributed by atoms with Crippen molar-refractivity contribution in [2.24, 2.45) is 0 Å². The Morgan fingerprint density at radius 1 is 1.32 bits per heavy atom. The quantitative estimate of drug-likeness (QED) is 0.843. The van der Waals surface area contributed by atoms with Crippen molar-refractivity contribution in [1.29, 1.82) is 0 Å². The molecule has 1 N–H and O–H groups in total. The number of fused-ring (bicyclic) bond motifs is 1.